The second kappa shape index (κ2) is 12.2. The molecule has 0 amide bonds. The van der Waals surface area contributed by atoms with Gasteiger partial charge in [0.1, 0.15) is 22.3 Å². The molecule has 0 unspecified atom stereocenters. The molecule has 5 nitrogen and oxygen atoms in total. The van der Waals surface area contributed by atoms with Crippen LogP contribution in [0.3, 0.4) is 0 Å². The van der Waals surface area contributed by atoms with E-state index in [1.807, 2.05) is 24.4 Å². The number of benzene rings is 7. The van der Waals surface area contributed by atoms with Crippen LogP contribution in [0.15, 0.2) is 164 Å². The van der Waals surface area contributed by atoms with E-state index in [2.05, 4.69) is 169 Å². The minimum Gasteiger partial charge on any atom is -0.457 e. The summed E-state index contributed by atoms with van der Waals surface area (Å²) in [6.45, 7) is 6.76. The van der Waals surface area contributed by atoms with Gasteiger partial charge in [-0.05, 0) is 88.8 Å². The zero-order chi connectivity index (χ0) is 38.7. The second-order valence-corrected chi connectivity index (χ2v) is 17.3. The normalized spacial score (nSPS) is 12.4. The van der Waals surface area contributed by atoms with E-state index in [9.17, 15) is 0 Å². The molecular weight excluding hydrogens is 729 g/mol. The van der Waals surface area contributed by atoms with Gasteiger partial charge in [-0.25, -0.2) is 9.97 Å². The van der Waals surface area contributed by atoms with Crippen molar-refractivity contribution in [2.24, 2.45) is 0 Å². The van der Waals surface area contributed by atoms with E-state index in [0.29, 0.717) is 0 Å². The van der Waals surface area contributed by atoms with Gasteiger partial charge in [0.25, 0.3) is 0 Å². The zero-order valence-electron chi connectivity index (χ0n) is 32.2. The maximum absolute atomic E-state index is 6.73. The van der Waals surface area contributed by atoms with Crippen LogP contribution in [-0.4, -0.2) is 19.1 Å². The Labute approximate surface area is 339 Å². The number of para-hydroxylation sites is 3. The fourth-order valence-electron chi connectivity index (χ4n) is 9.10. The highest BCUT2D eigenvalue weighted by Crippen LogP contribution is 2.51. The van der Waals surface area contributed by atoms with Crippen molar-refractivity contribution in [3.05, 3.63) is 169 Å². The average Bonchev–Trinajstić information content (AvgIpc) is 3.91. The third kappa shape index (κ3) is 4.88. The molecule has 4 aromatic heterocycles. The van der Waals surface area contributed by atoms with Crippen molar-refractivity contribution < 1.29 is 4.74 Å². The van der Waals surface area contributed by atoms with Crippen molar-refractivity contribution >= 4 is 65.2 Å². The standard InChI is InChI=1S/C52H36N4OS/c1-52(2,3)32-26-27-53-47(29-32)55-43-24-25-44-48(37-16-5-4-14-35(37)38-17-11-18-39-36-15-6-8-20-42(36)56(44)50(38)39)49(43)40-23-22-34(30-45(40)55)57-33-13-10-12-31(28-33)51-54-41-19-7-9-21-46(41)58-51/h4-30H,1-3H3. The molecule has 58 heavy (non-hydrogen) atoms. The van der Waals surface area contributed by atoms with Gasteiger partial charge in [0.15, 0.2) is 0 Å². The number of hydrogen-bond acceptors (Lipinski definition) is 4. The van der Waals surface area contributed by atoms with Gasteiger partial charge in [0.05, 0.1) is 38.0 Å². The highest BCUT2D eigenvalue weighted by Gasteiger charge is 2.28. The fraction of sp³-hybridized carbons (Fsp3) is 0.0769. The van der Waals surface area contributed by atoms with Gasteiger partial charge >= 0.3 is 0 Å². The molecule has 1 aliphatic heterocycles. The molecule has 0 bridgehead atoms. The maximum atomic E-state index is 6.73. The summed E-state index contributed by atoms with van der Waals surface area (Å²) in [5.74, 6) is 2.39. The van der Waals surface area contributed by atoms with Crippen LogP contribution >= 0.6 is 11.3 Å². The molecule has 7 aromatic carbocycles. The summed E-state index contributed by atoms with van der Waals surface area (Å²) in [5.41, 5.74) is 13.8. The minimum absolute atomic E-state index is 0.0539. The average molecular weight is 765 g/mol. The lowest BCUT2D eigenvalue weighted by atomic mass is 9.88. The number of fused-ring (bicyclic) bond motifs is 13. The third-order valence-corrected chi connectivity index (χ3v) is 12.8. The van der Waals surface area contributed by atoms with Crippen LogP contribution in [0.25, 0.3) is 98.2 Å². The van der Waals surface area contributed by atoms with Gasteiger partial charge in [-0.3, -0.25) is 4.57 Å². The number of aromatic nitrogens is 4. The molecule has 0 atom stereocenters. The molecule has 11 aromatic rings. The molecule has 5 heterocycles. The number of rotatable bonds is 4. The second-order valence-electron chi connectivity index (χ2n) is 16.2. The van der Waals surface area contributed by atoms with Crippen LogP contribution in [-0.2, 0) is 5.41 Å². The molecule has 0 saturated heterocycles. The van der Waals surface area contributed by atoms with Gasteiger partial charge in [0.2, 0.25) is 0 Å². The van der Waals surface area contributed by atoms with Crippen LogP contribution in [0.1, 0.15) is 26.3 Å². The van der Waals surface area contributed by atoms with Gasteiger partial charge in [-0.15, -0.1) is 11.3 Å². The van der Waals surface area contributed by atoms with Crippen LogP contribution in [0.2, 0.25) is 0 Å². The molecule has 0 saturated carbocycles. The highest BCUT2D eigenvalue weighted by atomic mass is 32.1. The van der Waals surface area contributed by atoms with E-state index in [-0.39, 0.29) is 5.41 Å². The topological polar surface area (TPSA) is 44.9 Å². The van der Waals surface area contributed by atoms with Crippen molar-refractivity contribution in [1.29, 1.82) is 0 Å². The Kier molecular flexibility index (Phi) is 7.00. The fourth-order valence-corrected chi connectivity index (χ4v) is 10.1. The molecule has 0 fully saturated rings. The molecule has 0 spiro atoms. The Balaban J connectivity index is 1.12. The van der Waals surface area contributed by atoms with E-state index in [1.54, 1.807) is 11.3 Å². The predicted molar refractivity (Wildman–Crippen MR) is 241 cm³/mol. The zero-order valence-corrected chi connectivity index (χ0v) is 33.0. The first-order valence-corrected chi connectivity index (χ1v) is 20.5. The molecule has 1 aliphatic rings. The number of pyridine rings is 1. The van der Waals surface area contributed by atoms with Crippen molar-refractivity contribution in [3.8, 4) is 55.8 Å². The molecule has 276 valence electrons. The number of nitrogens with zero attached hydrogens (tertiary/aromatic N) is 4. The molecule has 0 N–H and O–H groups in total. The first kappa shape index (κ1) is 33.2. The van der Waals surface area contributed by atoms with Crippen LogP contribution in [0.5, 0.6) is 11.5 Å². The van der Waals surface area contributed by atoms with Gasteiger partial charge in [0, 0.05) is 50.5 Å². The molecule has 6 heteroatoms. The number of thiazole rings is 1. The predicted octanol–water partition coefficient (Wildman–Crippen LogP) is 14.3. The van der Waals surface area contributed by atoms with E-state index in [4.69, 9.17) is 14.7 Å². The van der Waals surface area contributed by atoms with Crippen molar-refractivity contribution in [1.82, 2.24) is 19.1 Å². The van der Waals surface area contributed by atoms with Crippen molar-refractivity contribution in [2.45, 2.75) is 26.2 Å². The lowest BCUT2D eigenvalue weighted by Gasteiger charge is -2.20. The van der Waals surface area contributed by atoms with Crippen molar-refractivity contribution in [2.75, 3.05) is 0 Å². The molecular formula is C52H36N4OS. The van der Waals surface area contributed by atoms with Gasteiger partial charge in [-0.1, -0.05) is 106 Å². The maximum Gasteiger partial charge on any atom is 0.137 e. The van der Waals surface area contributed by atoms with Crippen LogP contribution in [0, 0.1) is 0 Å². The summed E-state index contributed by atoms with van der Waals surface area (Å²) in [7, 11) is 0. The van der Waals surface area contributed by atoms with Crippen LogP contribution < -0.4 is 4.74 Å². The first-order chi connectivity index (χ1) is 28.4. The first-order valence-electron chi connectivity index (χ1n) is 19.7. The van der Waals surface area contributed by atoms with Crippen molar-refractivity contribution in [3.63, 3.8) is 0 Å². The highest BCUT2D eigenvalue weighted by molar-refractivity contribution is 7.21. The summed E-state index contributed by atoms with van der Waals surface area (Å²) < 4.78 is 12.7. The lowest BCUT2D eigenvalue weighted by molar-refractivity contribution is 0.483. The smallest absolute Gasteiger partial charge is 0.137 e. The van der Waals surface area contributed by atoms with Gasteiger partial charge in [-0.2, -0.15) is 0 Å². The van der Waals surface area contributed by atoms with Crippen LogP contribution in [0.4, 0.5) is 0 Å². The van der Waals surface area contributed by atoms with E-state index >= 15 is 0 Å². The van der Waals surface area contributed by atoms with E-state index in [1.165, 1.54) is 65.4 Å². The van der Waals surface area contributed by atoms with E-state index in [0.717, 1.165) is 49.8 Å². The quantitative estimate of drug-likeness (QED) is 0.179. The number of hydrogen-bond donors (Lipinski definition) is 0. The summed E-state index contributed by atoms with van der Waals surface area (Å²) in [6, 6.07) is 56.5. The summed E-state index contributed by atoms with van der Waals surface area (Å²) in [4.78, 5) is 9.97. The number of ether oxygens (including phenoxy) is 1. The molecule has 0 radical (unpaired) electrons. The Bertz CT molecular complexity index is 3450. The largest absolute Gasteiger partial charge is 0.457 e. The Morgan fingerprint density at radius 1 is 0.569 bits per heavy atom. The summed E-state index contributed by atoms with van der Waals surface area (Å²) in [6.07, 6.45) is 1.94. The van der Waals surface area contributed by atoms with E-state index < -0.39 is 0 Å². The minimum atomic E-state index is -0.0539. The Morgan fingerprint density at radius 2 is 1.34 bits per heavy atom. The Morgan fingerprint density at radius 3 is 2.24 bits per heavy atom. The summed E-state index contributed by atoms with van der Waals surface area (Å²) in [5, 5.41) is 5.81. The molecule has 12 rings (SSSR count). The third-order valence-electron chi connectivity index (χ3n) is 11.8. The lowest BCUT2D eigenvalue weighted by Crippen LogP contribution is -2.12. The summed E-state index contributed by atoms with van der Waals surface area (Å²) >= 11 is 1.70. The Hall–Kier alpha value is -7.02. The monoisotopic (exact) mass is 764 g/mol. The van der Waals surface area contributed by atoms with Gasteiger partial charge < -0.3 is 9.30 Å². The SMILES string of the molecule is CC(C)(C)c1ccnc(-n2c3cc(Oc4cccc(-c5nc6ccccc6s5)c4)ccc3c3c4c(ccc32)-n2c3ccccc3c3cccc(c32)-c2ccccc2-4)c1. The molecule has 0 aliphatic carbocycles.